The molecule has 1 aromatic rings. The molecule has 2 aliphatic rings. The molecule has 5 nitrogen and oxygen atoms in total. The maximum Gasteiger partial charge on any atom is 0.237 e. The van der Waals surface area contributed by atoms with Crippen molar-refractivity contribution >= 4 is 17.2 Å². The summed E-state index contributed by atoms with van der Waals surface area (Å²) in [4.78, 5) is 16.5. The molecule has 1 aromatic heterocycles. The number of likely N-dealkylation sites (tertiary alicyclic amines) is 1. The molecule has 0 radical (unpaired) electrons. The average Bonchev–Trinajstić information content (AvgIpc) is 3.12. The fourth-order valence-corrected chi connectivity index (χ4v) is 5.58. The molecule has 1 amide bonds. The second kappa shape index (κ2) is 9.24. The van der Waals surface area contributed by atoms with Gasteiger partial charge in [0.2, 0.25) is 5.91 Å². The molecule has 0 unspecified atom stereocenters. The predicted molar refractivity (Wildman–Crippen MR) is 115 cm³/mol. The molecule has 1 aliphatic heterocycles. The highest BCUT2D eigenvalue weighted by molar-refractivity contribution is 7.09. The maximum absolute atomic E-state index is 13.0. The van der Waals surface area contributed by atoms with Crippen LogP contribution in [0.3, 0.4) is 0 Å². The highest BCUT2D eigenvalue weighted by Crippen LogP contribution is 2.38. The number of thiophene rings is 1. The standard InChI is InChI=1S/C22H37N3O2S/c1-22(2,3)24-21(27)19-11-15-7-4-5-8-16(15)13-25(19)14-20(26)18(23)12-17-9-6-10-28-17/h6,9-10,15-16,18-20,26H,4-5,7-8,11-14,23H2,1-3H3,(H,24,27)/t15-,16+,18-,19-,20+/m0/s1. The zero-order valence-electron chi connectivity index (χ0n) is 17.6. The molecule has 1 saturated heterocycles. The Morgan fingerprint density at radius 2 is 2.07 bits per heavy atom. The summed E-state index contributed by atoms with van der Waals surface area (Å²) in [5.41, 5.74) is 6.06. The van der Waals surface area contributed by atoms with Gasteiger partial charge in [-0.2, -0.15) is 0 Å². The van der Waals surface area contributed by atoms with E-state index in [2.05, 4.69) is 16.3 Å². The maximum atomic E-state index is 13.0. The summed E-state index contributed by atoms with van der Waals surface area (Å²) in [6.07, 6.45) is 5.99. The number of nitrogens with two attached hydrogens (primary N) is 1. The monoisotopic (exact) mass is 407 g/mol. The predicted octanol–water partition coefficient (Wildman–Crippen LogP) is 2.77. The lowest BCUT2D eigenvalue weighted by Gasteiger charge is -2.46. The molecule has 1 aliphatic carbocycles. The van der Waals surface area contributed by atoms with Gasteiger partial charge in [-0.1, -0.05) is 25.3 Å². The Hall–Kier alpha value is -0.950. The molecule has 6 heteroatoms. The number of carbonyl (C=O) groups excluding carboxylic acids is 1. The third-order valence-electron chi connectivity index (χ3n) is 6.24. The van der Waals surface area contributed by atoms with E-state index in [4.69, 9.17) is 5.73 Å². The van der Waals surface area contributed by atoms with Crippen LogP contribution in [-0.2, 0) is 11.2 Å². The van der Waals surface area contributed by atoms with E-state index in [0.717, 1.165) is 13.0 Å². The molecule has 2 heterocycles. The lowest BCUT2D eigenvalue weighted by Crippen LogP contribution is -2.59. The summed E-state index contributed by atoms with van der Waals surface area (Å²) in [5.74, 6) is 1.38. The quantitative estimate of drug-likeness (QED) is 0.678. The first kappa shape index (κ1) is 21.8. The zero-order chi connectivity index (χ0) is 20.3. The smallest absolute Gasteiger partial charge is 0.237 e. The van der Waals surface area contributed by atoms with E-state index in [1.54, 1.807) is 11.3 Å². The van der Waals surface area contributed by atoms with Crippen molar-refractivity contribution in [2.24, 2.45) is 17.6 Å². The van der Waals surface area contributed by atoms with Gasteiger partial charge in [-0.15, -0.1) is 11.3 Å². The Balaban J connectivity index is 1.67. The minimum absolute atomic E-state index is 0.0931. The van der Waals surface area contributed by atoms with Crippen LogP contribution < -0.4 is 11.1 Å². The Morgan fingerprint density at radius 1 is 1.36 bits per heavy atom. The Bertz CT molecular complexity index is 628. The molecule has 28 heavy (non-hydrogen) atoms. The number of β-amino-alcohol motifs (C(OH)–C–C–N with tert-alkyl or cyclic N) is 1. The fourth-order valence-electron chi connectivity index (χ4n) is 4.80. The average molecular weight is 408 g/mol. The number of piperidine rings is 1. The molecule has 0 spiro atoms. The highest BCUT2D eigenvalue weighted by atomic mass is 32.1. The zero-order valence-corrected chi connectivity index (χ0v) is 18.4. The van der Waals surface area contributed by atoms with E-state index in [1.165, 1.54) is 30.6 Å². The summed E-state index contributed by atoms with van der Waals surface area (Å²) in [6, 6.07) is 3.60. The molecule has 0 bridgehead atoms. The van der Waals surface area contributed by atoms with Crippen molar-refractivity contribution in [1.82, 2.24) is 10.2 Å². The van der Waals surface area contributed by atoms with Crippen molar-refractivity contribution in [3.8, 4) is 0 Å². The molecule has 5 atom stereocenters. The number of nitrogens with one attached hydrogen (secondary N) is 1. The normalized spacial score (nSPS) is 28.4. The molecular formula is C22H37N3O2S. The van der Waals surface area contributed by atoms with Crippen LogP contribution in [0.4, 0.5) is 0 Å². The van der Waals surface area contributed by atoms with Crippen molar-refractivity contribution in [2.75, 3.05) is 13.1 Å². The molecule has 158 valence electrons. The largest absolute Gasteiger partial charge is 0.390 e. The Labute approximate surface area is 173 Å². The van der Waals surface area contributed by atoms with Gasteiger partial charge in [0, 0.05) is 29.5 Å². The van der Waals surface area contributed by atoms with Gasteiger partial charge in [-0.3, -0.25) is 9.69 Å². The van der Waals surface area contributed by atoms with E-state index in [0.29, 0.717) is 24.8 Å². The van der Waals surface area contributed by atoms with Crippen LogP contribution in [-0.4, -0.2) is 52.7 Å². The van der Waals surface area contributed by atoms with Gasteiger partial charge in [0.25, 0.3) is 0 Å². The Kier molecular flexibility index (Phi) is 7.18. The van der Waals surface area contributed by atoms with Crippen LogP contribution in [0.5, 0.6) is 0 Å². The van der Waals surface area contributed by atoms with Crippen LogP contribution in [0, 0.1) is 11.8 Å². The van der Waals surface area contributed by atoms with Gasteiger partial charge in [0.05, 0.1) is 12.1 Å². The van der Waals surface area contributed by atoms with E-state index < -0.39 is 6.10 Å². The van der Waals surface area contributed by atoms with Gasteiger partial charge in [-0.25, -0.2) is 0 Å². The summed E-state index contributed by atoms with van der Waals surface area (Å²) < 4.78 is 0. The van der Waals surface area contributed by atoms with Crippen LogP contribution in [0.15, 0.2) is 17.5 Å². The minimum Gasteiger partial charge on any atom is -0.390 e. The number of amides is 1. The second-order valence-corrected chi connectivity index (χ2v) is 10.8. The summed E-state index contributed by atoms with van der Waals surface area (Å²) >= 11 is 1.67. The van der Waals surface area contributed by atoms with E-state index in [-0.39, 0.29) is 23.5 Å². The lowest BCUT2D eigenvalue weighted by atomic mass is 9.72. The number of hydrogen-bond donors (Lipinski definition) is 3. The molecular weight excluding hydrogens is 370 g/mol. The van der Waals surface area contributed by atoms with E-state index in [9.17, 15) is 9.90 Å². The summed E-state index contributed by atoms with van der Waals surface area (Å²) in [7, 11) is 0. The molecule has 3 rings (SSSR count). The fraction of sp³-hybridized carbons (Fsp3) is 0.773. The SMILES string of the molecule is CC(C)(C)NC(=O)[C@@H]1C[C@@H]2CCCC[C@@H]2CN1C[C@@H](O)[C@@H](N)Cc1cccs1. The van der Waals surface area contributed by atoms with Gasteiger partial charge < -0.3 is 16.2 Å². The second-order valence-electron chi connectivity index (χ2n) is 9.76. The first-order chi connectivity index (χ1) is 13.2. The number of aliphatic hydroxyl groups excluding tert-OH is 1. The van der Waals surface area contributed by atoms with Gasteiger partial charge in [0.15, 0.2) is 0 Å². The number of rotatable bonds is 6. The molecule has 0 aromatic carbocycles. The van der Waals surface area contributed by atoms with Crippen LogP contribution in [0.25, 0.3) is 0 Å². The molecule has 2 fully saturated rings. The number of fused-ring (bicyclic) bond motifs is 1. The van der Waals surface area contributed by atoms with Crippen molar-refractivity contribution in [3.63, 3.8) is 0 Å². The molecule has 4 N–H and O–H groups in total. The first-order valence-electron chi connectivity index (χ1n) is 10.7. The van der Waals surface area contributed by atoms with Crippen molar-refractivity contribution in [2.45, 2.75) is 83.0 Å². The summed E-state index contributed by atoms with van der Waals surface area (Å²) in [6.45, 7) is 7.43. The summed E-state index contributed by atoms with van der Waals surface area (Å²) in [5, 5.41) is 16.0. The minimum atomic E-state index is -0.632. The first-order valence-corrected chi connectivity index (χ1v) is 11.6. The number of aliphatic hydroxyl groups is 1. The Morgan fingerprint density at radius 3 is 2.71 bits per heavy atom. The van der Waals surface area contributed by atoms with Crippen molar-refractivity contribution < 1.29 is 9.90 Å². The topological polar surface area (TPSA) is 78.6 Å². The van der Waals surface area contributed by atoms with Crippen molar-refractivity contribution in [1.29, 1.82) is 0 Å². The number of nitrogens with zero attached hydrogens (tertiary/aromatic N) is 1. The van der Waals surface area contributed by atoms with E-state index >= 15 is 0 Å². The van der Waals surface area contributed by atoms with Gasteiger partial charge in [-0.05, 0) is 63.3 Å². The third-order valence-corrected chi connectivity index (χ3v) is 7.13. The highest BCUT2D eigenvalue weighted by Gasteiger charge is 2.41. The van der Waals surface area contributed by atoms with E-state index in [1.807, 2.05) is 32.2 Å². The van der Waals surface area contributed by atoms with Crippen LogP contribution in [0.2, 0.25) is 0 Å². The number of carbonyl (C=O) groups is 1. The van der Waals surface area contributed by atoms with Crippen LogP contribution in [0.1, 0.15) is 57.8 Å². The lowest BCUT2D eigenvalue weighted by molar-refractivity contribution is -0.132. The van der Waals surface area contributed by atoms with Crippen LogP contribution >= 0.6 is 11.3 Å². The van der Waals surface area contributed by atoms with Crippen molar-refractivity contribution in [3.05, 3.63) is 22.4 Å². The van der Waals surface area contributed by atoms with Gasteiger partial charge >= 0.3 is 0 Å². The molecule has 1 saturated carbocycles. The third kappa shape index (κ3) is 5.78. The number of hydrogen-bond acceptors (Lipinski definition) is 5. The van der Waals surface area contributed by atoms with Gasteiger partial charge in [0.1, 0.15) is 0 Å².